The molecular formula is C10H18N6O2. The molecule has 0 bridgehead atoms. The van der Waals surface area contributed by atoms with E-state index in [1.54, 1.807) is 27.0 Å². The maximum absolute atomic E-state index is 11.7. The Morgan fingerprint density at radius 2 is 2.17 bits per heavy atom. The average Bonchev–Trinajstić information content (AvgIpc) is 2.77. The Morgan fingerprint density at radius 3 is 2.67 bits per heavy atom. The molecule has 1 rings (SSSR count). The Bertz CT molecular complexity index is 428. The monoisotopic (exact) mass is 254 g/mol. The Morgan fingerprint density at radius 1 is 1.50 bits per heavy atom. The highest BCUT2D eigenvalue weighted by molar-refractivity contribution is 5.95. The number of nitrogens with one attached hydrogen (secondary N) is 2. The van der Waals surface area contributed by atoms with Gasteiger partial charge in [-0.05, 0) is 20.8 Å². The fourth-order valence-electron chi connectivity index (χ4n) is 1.23. The van der Waals surface area contributed by atoms with Crippen LogP contribution in [0.4, 0.5) is 4.79 Å². The molecule has 0 spiro atoms. The van der Waals surface area contributed by atoms with E-state index in [2.05, 4.69) is 20.9 Å². The van der Waals surface area contributed by atoms with Crippen molar-refractivity contribution in [3.8, 4) is 0 Å². The molecule has 8 nitrogen and oxygen atoms in total. The fraction of sp³-hybridized carbons (Fsp3) is 0.600. The normalized spacial score (nSPS) is 13.8. The van der Waals surface area contributed by atoms with E-state index in [9.17, 15) is 9.59 Å². The molecule has 0 radical (unpaired) electrons. The second-order valence-corrected chi connectivity index (χ2v) is 3.94. The second-order valence-electron chi connectivity index (χ2n) is 3.94. The maximum Gasteiger partial charge on any atom is 0.321 e. The van der Waals surface area contributed by atoms with Crippen LogP contribution in [0, 0.1) is 0 Å². The molecule has 0 saturated heterocycles. The molecule has 100 valence electrons. The molecule has 0 aliphatic heterocycles. The number of aromatic nitrogens is 3. The van der Waals surface area contributed by atoms with Gasteiger partial charge in [0.25, 0.3) is 5.91 Å². The van der Waals surface area contributed by atoms with Crippen LogP contribution in [0.1, 0.15) is 38.5 Å². The van der Waals surface area contributed by atoms with E-state index in [0.717, 1.165) is 0 Å². The van der Waals surface area contributed by atoms with Crippen LogP contribution in [0.25, 0.3) is 0 Å². The minimum atomic E-state index is -0.632. The van der Waals surface area contributed by atoms with Crippen LogP contribution in [0.2, 0.25) is 0 Å². The number of carbonyl (C=O) groups is 2. The molecule has 8 heteroatoms. The lowest BCUT2D eigenvalue weighted by Crippen LogP contribution is -2.42. The zero-order valence-electron chi connectivity index (χ0n) is 10.7. The smallest absolute Gasteiger partial charge is 0.321 e. The lowest BCUT2D eigenvalue weighted by Gasteiger charge is -2.11. The molecule has 1 aromatic rings. The summed E-state index contributed by atoms with van der Waals surface area (Å²) < 4.78 is 1.37. The van der Waals surface area contributed by atoms with E-state index in [4.69, 9.17) is 5.73 Å². The maximum atomic E-state index is 11.7. The molecule has 1 aromatic heterocycles. The summed E-state index contributed by atoms with van der Waals surface area (Å²) in [6.45, 7) is 5.60. The van der Waals surface area contributed by atoms with E-state index in [0.29, 0.717) is 12.2 Å². The minimum Gasteiger partial charge on any atom is -0.338 e. The Balaban J connectivity index is 2.65. The molecule has 0 aliphatic carbocycles. The first-order valence-electron chi connectivity index (χ1n) is 5.71. The first-order chi connectivity index (χ1) is 8.45. The lowest BCUT2D eigenvalue weighted by atomic mass is 10.3. The fourth-order valence-corrected chi connectivity index (χ4v) is 1.23. The van der Waals surface area contributed by atoms with Crippen LogP contribution >= 0.6 is 0 Å². The number of imide groups is 1. The van der Waals surface area contributed by atoms with Crippen LogP contribution < -0.4 is 16.4 Å². The van der Waals surface area contributed by atoms with Gasteiger partial charge in [0.05, 0.1) is 11.9 Å². The predicted octanol–water partition coefficient (Wildman–Crippen LogP) is -0.295. The van der Waals surface area contributed by atoms with Gasteiger partial charge in [-0.15, -0.1) is 5.10 Å². The summed E-state index contributed by atoms with van der Waals surface area (Å²) in [6.07, 6.45) is 1.59. The van der Waals surface area contributed by atoms with Crippen LogP contribution in [0.5, 0.6) is 0 Å². The van der Waals surface area contributed by atoms with Crippen molar-refractivity contribution in [1.82, 2.24) is 25.6 Å². The van der Waals surface area contributed by atoms with Crippen molar-refractivity contribution in [2.24, 2.45) is 5.73 Å². The summed E-state index contributed by atoms with van der Waals surface area (Å²) >= 11 is 0. The number of nitrogens with zero attached hydrogens (tertiary/aromatic N) is 3. The van der Waals surface area contributed by atoms with Gasteiger partial charge in [-0.2, -0.15) is 0 Å². The van der Waals surface area contributed by atoms with Crippen molar-refractivity contribution >= 4 is 11.9 Å². The van der Waals surface area contributed by atoms with Crippen LogP contribution in [0.3, 0.4) is 0 Å². The number of hydrogen-bond donors (Lipinski definition) is 3. The highest BCUT2D eigenvalue weighted by Crippen LogP contribution is 2.08. The first-order valence-corrected chi connectivity index (χ1v) is 5.71. The molecule has 0 aromatic carbocycles. The summed E-state index contributed by atoms with van der Waals surface area (Å²) in [5.74, 6) is -0.456. The molecule has 2 unspecified atom stereocenters. The average molecular weight is 254 g/mol. The highest BCUT2D eigenvalue weighted by Gasteiger charge is 2.19. The molecule has 0 saturated carbocycles. The molecule has 3 amide bonds. The quantitative estimate of drug-likeness (QED) is 0.682. The second kappa shape index (κ2) is 6.10. The first kappa shape index (κ1) is 14.1. The van der Waals surface area contributed by atoms with Crippen molar-refractivity contribution in [2.45, 2.75) is 32.9 Å². The number of urea groups is 1. The third-order valence-corrected chi connectivity index (χ3v) is 2.34. The van der Waals surface area contributed by atoms with Gasteiger partial charge in [0.2, 0.25) is 0 Å². The molecule has 1 heterocycles. The highest BCUT2D eigenvalue weighted by atomic mass is 16.2. The van der Waals surface area contributed by atoms with E-state index in [1.165, 1.54) is 4.68 Å². The van der Waals surface area contributed by atoms with Crippen LogP contribution in [-0.4, -0.2) is 33.5 Å². The minimum absolute atomic E-state index is 0.252. The zero-order chi connectivity index (χ0) is 13.7. The van der Waals surface area contributed by atoms with Gasteiger partial charge in [-0.3, -0.25) is 10.1 Å². The van der Waals surface area contributed by atoms with Gasteiger partial charge >= 0.3 is 6.03 Å². The van der Waals surface area contributed by atoms with Crippen molar-refractivity contribution < 1.29 is 9.59 Å². The van der Waals surface area contributed by atoms with Gasteiger partial charge in [0.1, 0.15) is 6.04 Å². The Hall–Kier alpha value is -1.96. The van der Waals surface area contributed by atoms with Crippen molar-refractivity contribution in [1.29, 1.82) is 0 Å². The summed E-state index contributed by atoms with van der Waals surface area (Å²) in [7, 11) is 0. The summed E-state index contributed by atoms with van der Waals surface area (Å²) in [6, 6.07) is -1.41. The van der Waals surface area contributed by atoms with Gasteiger partial charge in [0, 0.05) is 12.6 Å². The van der Waals surface area contributed by atoms with E-state index in [-0.39, 0.29) is 6.04 Å². The SMILES string of the molecule is CCNC(=O)NC(=O)C(C)n1cc(C(C)N)nn1. The third kappa shape index (κ3) is 3.52. The van der Waals surface area contributed by atoms with Crippen molar-refractivity contribution in [3.05, 3.63) is 11.9 Å². The van der Waals surface area contributed by atoms with Gasteiger partial charge in [-0.25, -0.2) is 9.48 Å². The largest absolute Gasteiger partial charge is 0.338 e. The van der Waals surface area contributed by atoms with E-state index >= 15 is 0 Å². The Kier molecular flexibility index (Phi) is 4.78. The third-order valence-electron chi connectivity index (χ3n) is 2.34. The molecule has 4 N–H and O–H groups in total. The molecule has 0 fully saturated rings. The van der Waals surface area contributed by atoms with Gasteiger partial charge in [-0.1, -0.05) is 5.21 Å². The number of carbonyl (C=O) groups excluding carboxylic acids is 2. The van der Waals surface area contributed by atoms with E-state index < -0.39 is 18.0 Å². The standard InChI is InChI=1S/C10H18N6O2/c1-4-12-10(18)13-9(17)7(3)16-5-8(6(2)11)14-15-16/h5-7H,4,11H2,1-3H3,(H2,12,13,17,18). The van der Waals surface area contributed by atoms with Crippen molar-refractivity contribution in [3.63, 3.8) is 0 Å². The predicted molar refractivity (Wildman–Crippen MR) is 64.6 cm³/mol. The summed E-state index contributed by atoms with van der Waals surface area (Å²) in [5, 5.41) is 12.3. The van der Waals surface area contributed by atoms with Crippen LogP contribution in [-0.2, 0) is 4.79 Å². The summed E-state index contributed by atoms with van der Waals surface area (Å²) in [5.41, 5.74) is 6.23. The molecule has 0 aliphatic rings. The summed E-state index contributed by atoms with van der Waals surface area (Å²) in [4.78, 5) is 22.9. The van der Waals surface area contributed by atoms with Gasteiger partial charge in [0.15, 0.2) is 0 Å². The van der Waals surface area contributed by atoms with Crippen molar-refractivity contribution in [2.75, 3.05) is 6.54 Å². The Labute approximate surface area is 105 Å². The number of nitrogens with two attached hydrogens (primary N) is 1. The lowest BCUT2D eigenvalue weighted by molar-refractivity contribution is -0.123. The molecular weight excluding hydrogens is 236 g/mol. The van der Waals surface area contributed by atoms with E-state index in [1.807, 2.05) is 0 Å². The number of amides is 3. The number of hydrogen-bond acceptors (Lipinski definition) is 5. The topological polar surface area (TPSA) is 115 Å². The number of rotatable bonds is 4. The van der Waals surface area contributed by atoms with Crippen LogP contribution in [0.15, 0.2) is 6.20 Å². The molecule has 18 heavy (non-hydrogen) atoms. The zero-order valence-corrected chi connectivity index (χ0v) is 10.7. The van der Waals surface area contributed by atoms with Gasteiger partial charge < -0.3 is 11.1 Å². The molecule has 2 atom stereocenters.